The Hall–Kier alpha value is -0.890. The van der Waals surface area contributed by atoms with Crippen molar-refractivity contribution in [2.45, 2.75) is 6.92 Å². The van der Waals surface area contributed by atoms with E-state index in [1.807, 2.05) is 19.1 Å². The molecule has 0 aliphatic rings. The van der Waals surface area contributed by atoms with Crippen LogP contribution in [0.4, 0.5) is 11.4 Å². The highest BCUT2D eigenvalue weighted by Gasteiger charge is 1.90. The summed E-state index contributed by atoms with van der Waals surface area (Å²) < 4.78 is 0. The van der Waals surface area contributed by atoms with Gasteiger partial charge in [0, 0.05) is 11.4 Å². The van der Waals surface area contributed by atoms with Crippen molar-refractivity contribution in [1.29, 1.82) is 0 Å². The summed E-state index contributed by atoms with van der Waals surface area (Å²) in [5.41, 5.74) is 13.6. The minimum absolute atomic E-state index is 0. The third-order valence-corrected chi connectivity index (χ3v) is 1.29. The third-order valence-electron chi connectivity index (χ3n) is 1.29. The fourth-order valence-electron chi connectivity index (χ4n) is 0.699. The smallest absolute Gasteiger partial charge is 0.0345 e. The fourth-order valence-corrected chi connectivity index (χ4v) is 0.699. The van der Waals surface area contributed by atoms with E-state index in [1.54, 1.807) is 6.07 Å². The van der Waals surface area contributed by atoms with E-state index < -0.39 is 0 Å². The van der Waals surface area contributed by atoms with Crippen LogP contribution in [0.5, 0.6) is 0 Å². The first-order valence-corrected chi connectivity index (χ1v) is 2.82. The molecule has 0 amide bonds. The molecule has 3 heteroatoms. The van der Waals surface area contributed by atoms with Crippen molar-refractivity contribution in [3.63, 3.8) is 0 Å². The molecule has 0 heterocycles. The molecular formula is C7H11ClN2. The summed E-state index contributed by atoms with van der Waals surface area (Å²) in [6.45, 7) is 1.94. The number of halogens is 1. The highest BCUT2D eigenvalue weighted by molar-refractivity contribution is 5.85. The second-order valence-corrected chi connectivity index (χ2v) is 2.12. The molecule has 0 aliphatic carbocycles. The Labute approximate surface area is 66.6 Å². The van der Waals surface area contributed by atoms with Crippen LogP contribution >= 0.6 is 12.4 Å². The summed E-state index contributed by atoms with van der Waals surface area (Å²) in [6, 6.07) is 5.46. The standard InChI is InChI=1S/C7H10N2.ClH/c1-5-4-6(8)2-3-7(5)9;/h2-4H,8-9H2,1H3;1H. The average Bonchev–Trinajstić information content (AvgIpc) is 1.80. The van der Waals surface area contributed by atoms with Crippen molar-refractivity contribution in [2.24, 2.45) is 0 Å². The van der Waals surface area contributed by atoms with Crippen LogP contribution in [0.2, 0.25) is 0 Å². The Morgan fingerprint density at radius 3 is 2.20 bits per heavy atom. The van der Waals surface area contributed by atoms with Gasteiger partial charge in [0.15, 0.2) is 0 Å². The lowest BCUT2D eigenvalue weighted by molar-refractivity contribution is 1.47. The van der Waals surface area contributed by atoms with Crippen molar-refractivity contribution in [3.05, 3.63) is 23.8 Å². The zero-order valence-electron chi connectivity index (χ0n) is 5.79. The normalized spacial score (nSPS) is 8.50. The summed E-state index contributed by atoms with van der Waals surface area (Å²) >= 11 is 0. The maximum Gasteiger partial charge on any atom is 0.0345 e. The van der Waals surface area contributed by atoms with Gasteiger partial charge in [-0.2, -0.15) is 0 Å². The molecule has 0 unspecified atom stereocenters. The maximum atomic E-state index is 5.53. The molecule has 1 aromatic rings. The monoisotopic (exact) mass is 158 g/mol. The molecule has 1 rings (SSSR count). The molecule has 10 heavy (non-hydrogen) atoms. The number of hydrogen-bond donors (Lipinski definition) is 2. The van der Waals surface area contributed by atoms with Crippen molar-refractivity contribution >= 4 is 23.8 Å². The quantitative estimate of drug-likeness (QED) is 0.564. The molecule has 2 nitrogen and oxygen atoms in total. The number of hydrogen-bond acceptors (Lipinski definition) is 2. The average molecular weight is 159 g/mol. The van der Waals surface area contributed by atoms with Gasteiger partial charge in [0.2, 0.25) is 0 Å². The van der Waals surface area contributed by atoms with Crippen LogP contribution in [0.15, 0.2) is 18.2 Å². The zero-order valence-corrected chi connectivity index (χ0v) is 6.61. The van der Waals surface area contributed by atoms with Crippen molar-refractivity contribution in [2.75, 3.05) is 11.5 Å². The van der Waals surface area contributed by atoms with E-state index in [4.69, 9.17) is 11.5 Å². The molecule has 0 bridgehead atoms. The van der Waals surface area contributed by atoms with Gasteiger partial charge in [-0.3, -0.25) is 0 Å². The summed E-state index contributed by atoms with van der Waals surface area (Å²) in [6.07, 6.45) is 0. The van der Waals surface area contributed by atoms with Crippen molar-refractivity contribution in [1.82, 2.24) is 0 Å². The van der Waals surface area contributed by atoms with Gasteiger partial charge >= 0.3 is 0 Å². The zero-order chi connectivity index (χ0) is 6.85. The van der Waals surface area contributed by atoms with Crippen LogP contribution < -0.4 is 11.5 Å². The van der Waals surface area contributed by atoms with Crippen molar-refractivity contribution in [3.8, 4) is 0 Å². The third kappa shape index (κ3) is 1.81. The van der Waals surface area contributed by atoms with E-state index in [2.05, 4.69) is 0 Å². The molecule has 0 aromatic heterocycles. The molecule has 0 saturated heterocycles. The second kappa shape index (κ2) is 3.32. The second-order valence-electron chi connectivity index (χ2n) is 2.12. The lowest BCUT2D eigenvalue weighted by atomic mass is 10.2. The van der Waals surface area contributed by atoms with E-state index in [0.717, 1.165) is 16.9 Å². The SMILES string of the molecule is Cc1cc(N)ccc1N.Cl. The first kappa shape index (κ1) is 9.11. The first-order chi connectivity index (χ1) is 4.20. The number of aryl methyl sites for hydroxylation is 1. The number of nitrogen functional groups attached to an aromatic ring is 2. The van der Waals surface area contributed by atoms with Crippen LogP contribution in [0.1, 0.15) is 5.56 Å². The molecule has 0 fully saturated rings. The van der Waals surface area contributed by atoms with Gasteiger partial charge < -0.3 is 11.5 Å². The summed E-state index contributed by atoms with van der Waals surface area (Å²) in [7, 11) is 0. The van der Waals surface area contributed by atoms with Crippen LogP contribution in [-0.4, -0.2) is 0 Å². The molecule has 0 aliphatic heterocycles. The van der Waals surface area contributed by atoms with E-state index in [-0.39, 0.29) is 12.4 Å². The Balaban J connectivity index is 0.000000810. The van der Waals surface area contributed by atoms with Gasteiger partial charge in [-0.1, -0.05) is 0 Å². The summed E-state index contributed by atoms with van der Waals surface area (Å²) in [5, 5.41) is 0. The van der Waals surface area contributed by atoms with Crippen LogP contribution in [-0.2, 0) is 0 Å². The van der Waals surface area contributed by atoms with Gasteiger partial charge in [-0.15, -0.1) is 12.4 Å². The lowest BCUT2D eigenvalue weighted by Gasteiger charge is -1.98. The van der Waals surface area contributed by atoms with Crippen LogP contribution in [0, 0.1) is 6.92 Å². The van der Waals surface area contributed by atoms with Gasteiger partial charge in [-0.05, 0) is 30.7 Å². The summed E-state index contributed by atoms with van der Waals surface area (Å²) in [5.74, 6) is 0. The molecule has 0 saturated carbocycles. The van der Waals surface area contributed by atoms with E-state index >= 15 is 0 Å². The predicted octanol–water partition coefficient (Wildman–Crippen LogP) is 1.58. The number of rotatable bonds is 0. The van der Waals surface area contributed by atoms with E-state index in [1.165, 1.54) is 0 Å². The highest BCUT2D eigenvalue weighted by atomic mass is 35.5. The number of benzene rings is 1. The molecular weight excluding hydrogens is 148 g/mol. The molecule has 1 aromatic carbocycles. The highest BCUT2D eigenvalue weighted by Crippen LogP contribution is 2.12. The Kier molecular flexibility index (Phi) is 3.03. The van der Waals surface area contributed by atoms with E-state index in [0.29, 0.717) is 0 Å². The Bertz CT molecular complexity index is 223. The molecule has 56 valence electrons. The van der Waals surface area contributed by atoms with Crippen LogP contribution in [0.3, 0.4) is 0 Å². The number of nitrogens with two attached hydrogens (primary N) is 2. The topological polar surface area (TPSA) is 52.0 Å². The maximum absolute atomic E-state index is 5.53. The minimum Gasteiger partial charge on any atom is -0.399 e. The number of anilines is 2. The van der Waals surface area contributed by atoms with Crippen LogP contribution in [0.25, 0.3) is 0 Å². The first-order valence-electron chi connectivity index (χ1n) is 2.82. The lowest BCUT2D eigenvalue weighted by Crippen LogP contribution is -1.91. The fraction of sp³-hybridized carbons (Fsp3) is 0.143. The Morgan fingerprint density at radius 2 is 1.80 bits per heavy atom. The van der Waals surface area contributed by atoms with Gasteiger partial charge in [-0.25, -0.2) is 0 Å². The van der Waals surface area contributed by atoms with E-state index in [9.17, 15) is 0 Å². The minimum atomic E-state index is 0. The van der Waals surface area contributed by atoms with Gasteiger partial charge in [0.05, 0.1) is 0 Å². The molecule has 4 N–H and O–H groups in total. The molecule has 0 atom stereocenters. The van der Waals surface area contributed by atoms with Crippen molar-refractivity contribution < 1.29 is 0 Å². The van der Waals surface area contributed by atoms with Gasteiger partial charge in [0.1, 0.15) is 0 Å². The predicted molar refractivity (Wildman–Crippen MR) is 47.3 cm³/mol. The largest absolute Gasteiger partial charge is 0.399 e. The molecule has 0 spiro atoms. The molecule has 0 radical (unpaired) electrons. The van der Waals surface area contributed by atoms with Gasteiger partial charge in [0.25, 0.3) is 0 Å². The summed E-state index contributed by atoms with van der Waals surface area (Å²) in [4.78, 5) is 0. The Morgan fingerprint density at radius 1 is 1.20 bits per heavy atom.